The summed E-state index contributed by atoms with van der Waals surface area (Å²) in [4.78, 5) is 21.7. The van der Waals surface area contributed by atoms with Crippen molar-refractivity contribution in [3.05, 3.63) is 27.1 Å². The quantitative estimate of drug-likeness (QED) is 0.684. The zero-order chi connectivity index (χ0) is 10.7. The maximum Gasteiger partial charge on any atom is 0.304 e. The molecule has 0 saturated heterocycles. The molecule has 5 nitrogen and oxygen atoms in total. The monoisotopic (exact) mass is 216 g/mol. The molecule has 0 unspecified atom stereocenters. The Hall–Kier alpha value is -1.36. The molecule has 1 aromatic rings. The largest absolute Gasteiger partial charge is 0.442 e. The minimum Gasteiger partial charge on any atom is -0.442 e. The van der Waals surface area contributed by atoms with Crippen LogP contribution in [0.15, 0.2) is 10.9 Å². The SMILES string of the molecule is CC(=O)OCn1nc(Cl)c(C)cc1=O. The van der Waals surface area contributed by atoms with E-state index in [0.29, 0.717) is 5.56 Å². The zero-order valence-corrected chi connectivity index (χ0v) is 8.54. The third-order valence-corrected chi connectivity index (χ3v) is 1.89. The van der Waals surface area contributed by atoms with E-state index >= 15 is 0 Å². The summed E-state index contributed by atoms with van der Waals surface area (Å²) in [7, 11) is 0. The molecule has 0 spiro atoms. The molecule has 0 radical (unpaired) electrons. The van der Waals surface area contributed by atoms with Crippen LogP contribution in [0.4, 0.5) is 0 Å². The van der Waals surface area contributed by atoms with Crippen LogP contribution in [0, 0.1) is 6.92 Å². The minimum absolute atomic E-state index is 0.214. The number of halogens is 1. The van der Waals surface area contributed by atoms with Gasteiger partial charge in [0.1, 0.15) is 0 Å². The maximum absolute atomic E-state index is 11.3. The molecule has 0 aliphatic carbocycles. The highest BCUT2D eigenvalue weighted by Gasteiger charge is 2.03. The second kappa shape index (κ2) is 4.23. The average Bonchev–Trinajstić information content (AvgIpc) is 2.09. The van der Waals surface area contributed by atoms with Gasteiger partial charge in [0.2, 0.25) is 0 Å². The molecule has 1 heterocycles. The minimum atomic E-state index is -0.476. The average molecular weight is 217 g/mol. The van der Waals surface area contributed by atoms with Gasteiger partial charge in [-0.1, -0.05) is 11.6 Å². The lowest BCUT2D eigenvalue weighted by Crippen LogP contribution is -2.24. The summed E-state index contributed by atoms with van der Waals surface area (Å²) >= 11 is 5.69. The summed E-state index contributed by atoms with van der Waals surface area (Å²) in [6, 6.07) is 1.33. The topological polar surface area (TPSA) is 61.2 Å². The molecular weight excluding hydrogens is 208 g/mol. The Morgan fingerprint density at radius 2 is 2.36 bits per heavy atom. The van der Waals surface area contributed by atoms with Gasteiger partial charge in [0.25, 0.3) is 5.56 Å². The van der Waals surface area contributed by atoms with Crippen LogP contribution >= 0.6 is 11.6 Å². The molecule has 0 N–H and O–H groups in total. The van der Waals surface area contributed by atoms with Crippen molar-refractivity contribution in [2.24, 2.45) is 0 Å². The summed E-state index contributed by atoms with van der Waals surface area (Å²) in [5, 5.41) is 3.96. The van der Waals surface area contributed by atoms with Crippen molar-refractivity contribution < 1.29 is 9.53 Å². The standard InChI is InChI=1S/C8H9ClN2O3/c1-5-3-7(13)11(10-8(5)9)4-14-6(2)12/h3H,4H2,1-2H3. The van der Waals surface area contributed by atoms with Crippen LogP contribution in [0.1, 0.15) is 12.5 Å². The van der Waals surface area contributed by atoms with Crippen molar-refractivity contribution in [2.45, 2.75) is 20.6 Å². The van der Waals surface area contributed by atoms with Gasteiger partial charge in [0.05, 0.1) is 0 Å². The van der Waals surface area contributed by atoms with Crippen molar-refractivity contribution >= 4 is 17.6 Å². The summed E-state index contributed by atoms with van der Waals surface area (Å²) in [6.07, 6.45) is 0. The van der Waals surface area contributed by atoms with E-state index in [9.17, 15) is 9.59 Å². The van der Waals surface area contributed by atoms with E-state index in [0.717, 1.165) is 4.68 Å². The Morgan fingerprint density at radius 3 is 2.93 bits per heavy atom. The smallest absolute Gasteiger partial charge is 0.304 e. The Kier molecular flexibility index (Phi) is 3.24. The van der Waals surface area contributed by atoms with E-state index < -0.39 is 5.97 Å². The van der Waals surface area contributed by atoms with Crippen LogP contribution in [0.3, 0.4) is 0 Å². The number of hydrogen-bond donors (Lipinski definition) is 0. The molecule has 0 aliphatic rings. The molecule has 0 atom stereocenters. The molecule has 1 rings (SSSR count). The number of nitrogens with zero attached hydrogens (tertiary/aromatic N) is 2. The summed E-state index contributed by atoms with van der Waals surface area (Å²) < 4.78 is 5.59. The number of aryl methyl sites for hydroxylation is 1. The number of rotatable bonds is 2. The number of aromatic nitrogens is 2. The number of ether oxygens (including phenoxy) is 1. The van der Waals surface area contributed by atoms with Gasteiger partial charge < -0.3 is 4.74 Å². The fourth-order valence-corrected chi connectivity index (χ4v) is 0.944. The van der Waals surface area contributed by atoms with Crippen LogP contribution < -0.4 is 5.56 Å². The van der Waals surface area contributed by atoms with Crippen molar-refractivity contribution in [3.8, 4) is 0 Å². The van der Waals surface area contributed by atoms with Gasteiger partial charge in [-0.3, -0.25) is 9.59 Å². The van der Waals surface area contributed by atoms with E-state index in [2.05, 4.69) is 9.84 Å². The van der Waals surface area contributed by atoms with Crippen molar-refractivity contribution in [1.82, 2.24) is 9.78 Å². The van der Waals surface area contributed by atoms with Gasteiger partial charge in [-0.2, -0.15) is 9.78 Å². The van der Waals surface area contributed by atoms with E-state index in [1.54, 1.807) is 6.92 Å². The van der Waals surface area contributed by atoms with Crippen LogP contribution in [0.2, 0.25) is 5.15 Å². The molecule has 1 aromatic heterocycles. The lowest BCUT2D eigenvalue weighted by molar-refractivity contribution is -0.145. The second-order valence-electron chi connectivity index (χ2n) is 2.72. The predicted molar refractivity (Wildman–Crippen MR) is 50.0 cm³/mol. The lowest BCUT2D eigenvalue weighted by Gasteiger charge is -2.05. The molecule has 0 saturated carbocycles. The van der Waals surface area contributed by atoms with E-state index in [1.165, 1.54) is 13.0 Å². The van der Waals surface area contributed by atoms with Gasteiger partial charge in [0.15, 0.2) is 11.9 Å². The molecule has 0 fully saturated rings. The van der Waals surface area contributed by atoms with E-state index in [4.69, 9.17) is 11.6 Å². The molecule has 0 aliphatic heterocycles. The normalized spacial score (nSPS) is 9.93. The Balaban J connectivity index is 2.93. The highest BCUT2D eigenvalue weighted by Crippen LogP contribution is 2.06. The van der Waals surface area contributed by atoms with E-state index in [-0.39, 0.29) is 17.4 Å². The molecule has 0 bridgehead atoms. The van der Waals surface area contributed by atoms with Crippen molar-refractivity contribution in [1.29, 1.82) is 0 Å². The highest BCUT2D eigenvalue weighted by atomic mass is 35.5. The third kappa shape index (κ3) is 2.56. The zero-order valence-electron chi connectivity index (χ0n) is 7.78. The number of esters is 1. The van der Waals surface area contributed by atoms with Crippen molar-refractivity contribution in [3.63, 3.8) is 0 Å². The first-order chi connectivity index (χ1) is 6.50. The van der Waals surface area contributed by atoms with E-state index in [1.807, 2.05) is 0 Å². The van der Waals surface area contributed by atoms with Crippen LogP contribution in [-0.2, 0) is 16.3 Å². The Bertz CT molecular complexity index is 414. The summed E-state index contributed by atoms with van der Waals surface area (Å²) in [6.45, 7) is 2.71. The van der Waals surface area contributed by atoms with Gasteiger partial charge >= 0.3 is 5.97 Å². The molecule has 76 valence electrons. The van der Waals surface area contributed by atoms with Crippen LogP contribution in [-0.4, -0.2) is 15.7 Å². The number of carbonyl (C=O) groups excluding carboxylic acids is 1. The van der Waals surface area contributed by atoms with Gasteiger partial charge in [-0.25, -0.2) is 0 Å². The fourth-order valence-electron chi connectivity index (χ4n) is 0.798. The van der Waals surface area contributed by atoms with Crippen LogP contribution in [0.25, 0.3) is 0 Å². The van der Waals surface area contributed by atoms with Crippen molar-refractivity contribution in [2.75, 3.05) is 0 Å². The number of hydrogen-bond acceptors (Lipinski definition) is 4. The highest BCUT2D eigenvalue weighted by molar-refractivity contribution is 6.30. The second-order valence-corrected chi connectivity index (χ2v) is 3.08. The molecular formula is C8H9ClN2O3. The summed E-state index contributed by atoms with van der Waals surface area (Å²) in [5.74, 6) is -0.476. The number of carbonyl (C=O) groups is 1. The lowest BCUT2D eigenvalue weighted by atomic mass is 10.3. The molecule has 6 heteroatoms. The molecule has 14 heavy (non-hydrogen) atoms. The first-order valence-electron chi connectivity index (χ1n) is 3.88. The predicted octanol–water partition coefficient (Wildman–Crippen LogP) is 0.726. The third-order valence-electron chi connectivity index (χ3n) is 1.52. The Morgan fingerprint density at radius 1 is 1.71 bits per heavy atom. The van der Waals surface area contributed by atoms with Crippen LogP contribution in [0.5, 0.6) is 0 Å². The first kappa shape index (κ1) is 10.7. The first-order valence-corrected chi connectivity index (χ1v) is 4.26. The maximum atomic E-state index is 11.3. The molecule has 0 aromatic carbocycles. The van der Waals surface area contributed by atoms with Gasteiger partial charge in [-0.05, 0) is 12.5 Å². The van der Waals surface area contributed by atoms with Gasteiger partial charge in [0, 0.05) is 13.0 Å². The summed E-state index contributed by atoms with van der Waals surface area (Å²) in [5.41, 5.74) is 0.240. The molecule has 0 amide bonds. The Labute approximate surface area is 85.2 Å². The fraction of sp³-hybridized carbons (Fsp3) is 0.375. The van der Waals surface area contributed by atoms with Gasteiger partial charge in [-0.15, -0.1) is 0 Å².